The summed E-state index contributed by atoms with van der Waals surface area (Å²) in [7, 11) is 0. The molecule has 2 heterocycles. The van der Waals surface area contributed by atoms with E-state index in [2.05, 4.69) is 29.4 Å². The van der Waals surface area contributed by atoms with Crippen molar-refractivity contribution in [1.82, 2.24) is 15.5 Å². The highest BCUT2D eigenvalue weighted by molar-refractivity contribution is 8.01. The van der Waals surface area contributed by atoms with Crippen molar-refractivity contribution in [1.29, 1.82) is 0 Å². The molecule has 0 saturated heterocycles. The number of ether oxygens (including phenoxy) is 2. The first kappa shape index (κ1) is 19.0. The Bertz CT molecular complexity index is 764. The van der Waals surface area contributed by atoms with Crippen LogP contribution in [0.3, 0.4) is 0 Å². The van der Waals surface area contributed by atoms with Crippen LogP contribution < -0.4 is 14.8 Å². The number of carbonyl (C=O) groups is 1. The lowest BCUT2D eigenvalue weighted by atomic mass is 9.95. The number of aryl methyl sites for hydroxylation is 1. The van der Waals surface area contributed by atoms with Crippen molar-refractivity contribution in [2.45, 2.75) is 37.6 Å². The molecule has 0 spiro atoms. The van der Waals surface area contributed by atoms with Gasteiger partial charge in [0.15, 0.2) is 15.8 Å². The Morgan fingerprint density at radius 1 is 1.27 bits per heavy atom. The molecular formula is C18H23N3O3S2. The van der Waals surface area contributed by atoms with Gasteiger partial charge in [0.1, 0.15) is 5.01 Å². The van der Waals surface area contributed by atoms with E-state index in [1.54, 1.807) is 0 Å². The fraction of sp³-hybridized carbons (Fsp3) is 0.500. The van der Waals surface area contributed by atoms with E-state index in [-0.39, 0.29) is 17.9 Å². The lowest BCUT2D eigenvalue weighted by molar-refractivity contribution is -0.119. The smallest absolute Gasteiger partial charge is 0.230 e. The van der Waals surface area contributed by atoms with Crippen molar-refractivity contribution in [3.8, 4) is 11.5 Å². The second-order valence-electron chi connectivity index (χ2n) is 6.42. The minimum atomic E-state index is -0.0867. The number of fused-ring (bicyclic) bond motifs is 1. The highest BCUT2D eigenvalue weighted by Gasteiger charge is 2.21. The van der Waals surface area contributed by atoms with Crippen molar-refractivity contribution in [2.24, 2.45) is 5.92 Å². The monoisotopic (exact) mass is 393 g/mol. The zero-order valence-electron chi connectivity index (χ0n) is 15.2. The lowest BCUT2D eigenvalue weighted by Gasteiger charge is -2.23. The van der Waals surface area contributed by atoms with E-state index < -0.39 is 0 Å². The minimum Gasteiger partial charge on any atom is -0.490 e. The molecule has 1 aromatic heterocycles. The van der Waals surface area contributed by atoms with Crippen LogP contribution in [0.25, 0.3) is 0 Å². The molecule has 1 aliphatic rings. The quantitative estimate of drug-likeness (QED) is 0.756. The highest BCUT2D eigenvalue weighted by Crippen LogP contribution is 2.34. The Morgan fingerprint density at radius 3 is 2.73 bits per heavy atom. The van der Waals surface area contributed by atoms with Gasteiger partial charge in [-0.15, -0.1) is 10.2 Å². The largest absolute Gasteiger partial charge is 0.490 e. The predicted molar refractivity (Wildman–Crippen MR) is 103 cm³/mol. The van der Waals surface area contributed by atoms with E-state index in [9.17, 15) is 4.79 Å². The van der Waals surface area contributed by atoms with Crippen LogP contribution in [0, 0.1) is 12.8 Å². The first-order valence-electron chi connectivity index (χ1n) is 8.64. The van der Waals surface area contributed by atoms with Crippen LogP contribution in [-0.2, 0) is 4.79 Å². The summed E-state index contributed by atoms with van der Waals surface area (Å²) in [4.78, 5) is 12.4. The summed E-state index contributed by atoms with van der Waals surface area (Å²) in [5, 5.41) is 12.0. The van der Waals surface area contributed by atoms with Crippen LogP contribution in [-0.4, -0.2) is 35.1 Å². The molecule has 0 unspecified atom stereocenters. The van der Waals surface area contributed by atoms with Gasteiger partial charge in [0.05, 0.1) is 25.0 Å². The molecule has 0 aliphatic carbocycles. The Hall–Kier alpha value is -1.80. The fourth-order valence-electron chi connectivity index (χ4n) is 2.69. The van der Waals surface area contributed by atoms with Gasteiger partial charge in [0.2, 0.25) is 5.91 Å². The maximum Gasteiger partial charge on any atom is 0.230 e. The van der Waals surface area contributed by atoms with Crippen molar-refractivity contribution >= 4 is 29.0 Å². The zero-order valence-corrected chi connectivity index (χ0v) is 16.8. The first-order valence-corrected chi connectivity index (χ1v) is 10.4. The summed E-state index contributed by atoms with van der Waals surface area (Å²) in [5.74, 6) is 2.06. The van der Waals surface area contributed by atoms with E-state index in [4.69, 9.17) is 9.47 Å². The van der Waals surface area contributed by atoms with E-state index in [0.717, 1.165) is 32.8 Å². The van der Waals surface area contributed by atoms with Gasteiger partial charge in [0, 0.05) is 6.42 Å². The third-order valence-corrected chi connectivity index (χ3v) is 5.92. The molecule has 0 bridgehead atoms. The summed E-state index contributed by atoms with van der Waals surface area (Å²) in [5.41, 5.74) is 1.02. The van der Waals surface area contributed by atoms with Gasteiger partial charge in [-0.25, -0.2) is 0 Å². The van der Waals surface area contributed by atoms with Gasteiger partial charge < -0.3 is 14.8 Å². The predicted octanol–water partition coefficient (Wildman–Crippen LogP) is 3.61. The summed E-state index contributed by atoms with van der Waals surface area (Å²) in [6, 6.07) is 5.82. The molecule has 1 amide bonds. The molecule has 2 aromatic rings. The number of carbonyl (C=O) groups excluding carboxylic acids is 1. The molecule has 6 nitrogen and oxygen atoms in total. The second-order valence-corrected chi connectivity index (χ2v) is 8.83. The molecule has 1 N–H and O–H groups in total. The van der Waals surface area contributed by atoms with Crippen molar-refractivity contribution < 1.29 is 14.3 Å². The van der Waals surface area contributed by atoms with Crippen LogP contribution in [0.4, 0.5) is 0 Å². The number of nitrogens with zero attached hydrogens (tertiary/aromatic N) is 2. The molecule has 26 heavy (non-hydrogen) atoms. The van der Waals surface area contributed by atoms with Crippen molar-refractivity contribution in [3.05, 3.63) is 28.8 Å². The van der Waals surface area contributed by atoms with Gasteiger partial charge >= 0.3 is 0 Å². The topological polar surface area (TPSA) is 73.3 Å². The minimum absolute atomic E-state index is 0.0198. The number of hydrogen-bond acceptors (Lipinski definition) is 7. The van der Waals surface area contributed by atoms with E-state index in [1.807, 2.05) is 25.1 Å². The Balaban J connectivity index is 1.66. The number of benzene rings is 1. The lowest BCUT2D eigenvalue weighted by Crippen LogP contribution is -2.33. The number of nitrogens with one attached hydrogen (secondary N) is 1. The van der Waals surface area contributed by atoms with Crippen LogP contribution in [0.5, 0.6) is 11.5 Å². The average molecular weight is 394 g/mol. The zero-order chi connectivity index (χ0) is 18.5. The molecule has 0 radical (unpaired) electrons. The van der Waals surface area contributed by atoms with Crippen LogP contribution in [0.2, 0.25) is 0 Å². The van der Waals surface area contributed by atoms with Gasteiger partial charge in [-0.2, -0.15) is 0 Å². The van der Waals surface area contributed by atoms with Crippen molar-refractivity contribution in [3.63, 3.8) is 0 Å². The SMILES string of the molecule is Cc1nnc(SCC(=O)N[C@@H](c2ccc3c(c2)OCCCO3)C(C)C)s1. The van der Waals surface area contributed by atoms with Crippen molar-refractivity contribution in [2.75, 3.05) is 19.0 Å². The molecule has 1 aromatic carbocycles. The summed E-state index contributed by atoms with van der Waals surface area (Å²) in [6.45, 7) is 7.40. The third kappa shape index (κ3) is 4.88. The summed E-state index contributed by atoms with van der Waals surface area (Å²) in [6.07, 6.45) is 0.872. The fourth-order valence-corrected chi connectivity index (χ4v) is 4.31. The third-order valence-electron chi connectivity index (χ3n) is 3.95. The molecule has 8 heteroatoms. The van der Waals surface area contributed by atoms with Gasteiger partial charge in [-0.05, 0) is 30.5 Å². The molecule has 0 fully saturated rings. The van der Waals surface area contributed by atoms with E-state index in [0.29, 0.717) is 19.0 Å². The second kappa shape index (κ2) is 8.73. The normalized spacial score (nSPS) is 14.8. The van der Waals surface area contributed by atoms with E-state index in [1.165, 1.54) is 23.1 Å². The summed E-state index contributed by atoms with van der Waals surface area (Å²) >= 11 is 2.91. The first-order chi connectivity index (χ1) is 12.5. The Labute approximate surface area is 161 Å². The molecule has 0 saturated carbocycles. The summed E-state index contributed by atoms with van der Waals surface area (Å²) < 4.78 is 12.3. The van der Waals surface area contributed by atoms with Crippen LogP contribution >= 0.6 is 23.1 Å². The highest BCUT2D eigenvalue weighted by atomic mass is 32.2. The molecule has 140 valence electrons. The van der Waals surface area contributed by atoms with Gasteiger partial charge in [-0.1, -0.05) is 43.0 Å². The maximum absolute atomic E-state index is 12.4. The van der Waals surface area contributed by atoms with Gasteiger partial charge in [0.25, 0.3) is 0 Å². The molecular weight excluding hydrogens is 370 g/mol. The number of amides is 1. The average Bonchev–Trinajstić information content (AvgIpc) is 2.89. The Morgan fingerprint density at radius 2 is 2.04 bits per heavy atom. The number of hydrogen-bond donors (Lipinski definition) is 1. The van der Waals surface area contributed by atoms with Gasteiger partial charge in [-0.3, -0.25) is 4.79 Å². The Kier molecular flexibility index (Phi) is 6.37. The van der Waals surface area contributed by atoms with Crippen LogP contribution in [0.1, 0.15) is 36.9 Å². The van der Waals surface area contributed by atoms with Crippen LogP contribution in [0.15, 0.2) is 22.5 Å². The maximum atomic E-state index is 12.4. The molecule has 3 rings (SSSR count). The number of aromatic nitrogens is 2. The number of rotatable bonds is 6. The molecule has 1 aliphatic heterocycles. The molecule has 1 atom stereocenters. The number of thioether (sulfide) groups is 1. The van der Waals surface area contributed by atoms with E-state index >= 15 is 0 Å². The standard InChI is InChI=1S/C18H23N3O3S2/c1-11(2)17(19-16(22)10-25-18-21-20-12(3)26-18)13-5-6-14-15(9-13)24-8-4-7-23-14/h5-6,9,11,17H,4,7-8,10H2,1-3H3,(H,19,22)/t17-/m1/s1.